The van der Waals surface area contributed by atoms with Crippen LogP contribution in [0.4, 0.5) is 0 Å². The molecule has 1 N–H and O–H groups in total. The van der Waals surface area contributed by atoms with E-state index in [1.165, 1.54) is 0 Å². The van der Waals surface area contributed by atoms with Gasteiger partial charge in [-0.15, -0.1) is 11.8 Å². The average Bonchev–Trinajstić information content (AvgIpc) is 3.40. The number of carbonyl (C=O) groups excluding carboxylic acids is 4. The molecule has 4 amide bonds. The normalized spacial score (nSPS) is 26.5. The molecule has 1 aliphatic carbocycles. The molecule has 0 bridgehead atoms. The standard InChI is InChI=1S/C24H31N3O4S/c1-24(2)12-20(28)26(23(24)31)14-21(29)27-17(10-15-6-5-9-19(15)27)13-25-22(30)16-7-4-8-18(11-16)32-3/h4,7-8,11,15,17,19H,5-6,9-10,12-14H2,1-3H3,(H,25,30)/t15-,17-,19-/m0/s1. The van der Waals surface area contributed by atoms with Crippen molar-refractivity contribution in [3.8, 4) is 0 Å². The zero-order valence-corrected chi connectivity index (χ0v) is 19.7. The molecule has 0 unspecified atom stereocenters. The van der Waals surface area contributed by atoms with Crippen LogP contribution in [0.25, 0.3) is 0 Å². The second-order valence-corrected chi connectivity index (χ2v) is 10.6. The van der Waals surface area contributed by atoms with Gasteiger partial charge in [0.05, 0.1) is 5.41 Å². The molecule has 3 aliphatic rings. The highest BCUT2D eigenvalue weighted by atomic mass is 32.2. The van der Waals surface area contributed by atoms with Crippen LogP contribution >= 0.6 is 11.8 Å². The molecule has 8 heteroatoms. The summed E-state index contributed by atoms with van der Waals surface area (Å²) < 4.78 is 0. The Bertz CT molecular complexity index is 947. The molecular weight excluding hydrogens is 426 g/mol. The number of amides is 4. The third-order valence-corrected chi connectivity index (χ3v) is 7.80. The van der Waals surface area contributed by atoms with Gasteiger partial charge in [-0.2, -0.15) is 0 Å². The number of benzene rings is 1. The summed E-state index contributed by atoms with van der Waals surface area (Å²) in [7, 11) is 0. The Morgan fingerprint density at radius 3 is 2.69 bits per heavy atom. The first-order valence-electron chi connectivity index (χ1n) is 11.3. The topological polar surface area (TPSA) is 86.8 Å². The summed E-state index contributed by atoms with van der Waals surface area (Å²) in [5, 5.41) is 3.00. The molecule has 2 heterocycles. The van der Waals surface area contributed by atoms with Crippen LogP contribution in [0.2, 0.25) is 0 Å². The van der Waals surface area contributed by atoms with E-state index in [0.717, 1.165) is 35.5 Å². The van der Waals surface area contributed by atoms with Crippen LogP contribution < -0.4 is 5.32 Å². The summed E-state index contributed by atoms with van der Waals surface area (Å²) in [6, 6.07) is 7.48. The van der Waals surface area contributed by atoms with E-state index < -0.39 is 5.41 Å². The van der Waals surface area contributed by atoms with E-state index in [-0.39, 0.29) is 48.7 Å². The number of rotatable bonds is 6. The molecule has 1 aromatic carbocycles. The summed E-state index contributed by atoms with van der Waals surface area (Å²) in [5.74, 6) is -0.493. The van der Waals surface area contributed by atoms with Crippen molar-refractivity contribution in [1.29, 1.82) is 0 Å². The van der Waals surface area contributed by atoms with Gasteiger partial charge >= 0.3 is 0 Å². The maximum atomic E-state index is 13.3. The van der Waals surface area contributed by atoms with Crippen LogP contribution in [-0.2, 0) is 14.4 Å². The zero-order chi connectivity index (χ0) is 23.0. The number of hydrogen-bond acceptors (Lipinski definition) is 5. The molecule has 3 fully saturated rings. The fourth-order valence-corrected chi connectivity index (χ4v) is 5.90. The van der Waals surface area contributed by atoms with Gasteiger partial charge < -0.3 is 10.2 Å². The number of nitrogens with one attached hydrogen (secondary N) is 1. The van der Waals surface area contributed by atoms with Gasteiger partial charge in [0.1, 0.15) is 6.54 Å². The number of nitrogens with zero attached hydrogens (tertiary/aromatic N) is 2. The third-order valence-electron chi connectivity index (χ3n) is 7.07. The van der Waals surface area contributed by atoms with Gasteiger partial charge in [-0.25, -0.2) is 0 Å². The largest absolute Gasteiger partial charge is 0.350 e. The lowest BCUT2D eigenvalue weighted by molar-refractivity contribution is -0.148. The van der Waals surface area contributed by atoms with Gasteiger partial charge in [0.15, 0.2) is 0 Å². The fraction of sp³-hybridized carbons (Fsp3) is 0.583. The van der Waals surface area contributed by atoms with Crippen molar-refractivity contribution in [3.63, 3.8) is 0 Å². The Balaban J connectivity index is 1.44. The summed E-state index contributed by atoms with van der Waals surface area (Å²) in [6.45, 7) is 3.65. The van der Waals surface area contributed by atoms with Crippen LogP contribution in [-0.4, -0.2) is 64.9 Å². The number of hydrogen-bond donors (Lipinski definition) is 1. The molecule has 0 spiro atoms. The van der Waals surface area contributed by atoms with Crippen molar-refractivity contribution in [3.05, 3.63) is 29.8 Å². The van der Waals surface area contributed by atoms with Crippen molar-refractivity contribution in [2.45, 2.75) is 62.9 Å². The van der Waals surface area contributed by atoms with Crippen LogP contribution in [0.5, 0.6) is 0 Å². The predicted octanol–water partition coefficient (Wildman–Crippen LogP) is 2.69. The molecule has 172 valence electrons. The first-order valence-corrected chi connectivity index (χ1v) is 12.5. The second kappa shape index (κ2) is 8.89. The Kier molecular flexibility index (Phi) is 6.34. The van der Waals surface area contributed by atoms with Gasteiger partial charge in [0.25, 0.3) is 5.91 Å². The van der Waals surface area contributed by atoms with Crippen LogP contribution in [0.3, 0.4) is 0 Å². The first kappa shape index (κ1) is 22.8. The highest BCUT2D eigenvalue weighted by Gasteiger charge is 2.49. The fourth-order valence-electron chi connectivity index (χ4n) is 5.44. The summed E-state index contributed by atoms with van der Waals surface area (Å²) in [4.78, 5) is 55.0. The highest BCUT2D eigenvalue weighted by Crippen LogP contribution is 2.41. The van der Waals surface area contributed by atoms with Gasteiger partial charge in [-0.1, -0.05) is 26.3 Å². The maximum absolute atomic E-state index is 13.3. The van der Waals surface area contributed by atoms with Crippen LogP contribution in [0.15, 0.2) is 29.2 Å². The summed E-state index contributed by atoms with van der Waals surface area (Å²) in [6.07, 6.45) is 6.03. The quantitative estimate of drug-likeness (QED) is 0.524. The van der Waals surface area contributed by atoms with E-state index >= 15 is 0 Å². The summed E-state index contributed by atoms with van der Waals surface area (Å²) in [5.41, 5.74) is -0.153. The smallest absolute Gasteiger partial charge is 0.251 e. The first-order chi connectivity index (χ1) is 15.2. The van der Waals surface area contributed by atoms with E-state index in [1.807, 2.05) is 29.4 Å². The number of likely N-dealkylation sites (tertiary alicyclic amines) is 2. The SMILES string of the molecule is CSc1cccc(C(=O)NC[C@@H]2C[C@@H]3CCC[C@@H]3N2C(=O)CN2C(=O)CC(C)(C)C2=O)c1. The minimum absolute atomic E-state index is 0.119. The van der Waals surface area contributed by atoms with Crippen molar-refractivity contribution in [2.24, 2.45) is 11.3 Å². The Hall–Kier alpha value is -2.35. The molecule has 2 aliphatic heterocycles. The molecule has 2 saturated heterocycles. The number of thioether (sulfide) groups is 1. The molecular formula is C24H31N3O4S. The van der Waals surface area contributed by atoms with Gasteiger partial charge in [0, 0.05) is 35.5 Å². The highest BCUT2D eigenvalue weighted by molar-refractivity contribution is 7.98. The number of imide groups is 1. The Labute approximate surface area is 193 Å². The predicted molar refractivity (Wildman–Crippen MR) is 122 cm³/mol. The van der Waals surface area contributed by atoms with Crippen molar-refractivity contribution in [1.82, 2.24) is 15.1 Å². The van der Waals surface area contributed by atoms with E-state index in [0.29, 0.717) is 18.0 Å². The minimum atomic E-state index is -0.753. The molecule has 3 atom stereocenters. The molecule has 32 heavy (non-hydrogen) atoms. The van der Waals surface area contributed by atoms with Crippen LogP contribution in [0.1, 0.15) is 56.3 Å². The minimum Gasteiger partial charge on any atom is -0.350 e. The van der Waals surface area contributed by atoms with E-state index in [9.17, 15) is 19.2 Å². The second-order valence-electron chi connectivity index (χ2n) is 9.74. The lowest BCUT2D eigenvalue weighted by atomic mass is 9.92. The number of fused-ring (bicyclic) bond motifs is 1. The van der Waals surface area contributed by atoms with Gasteiger partial charge in [-0.3, -0.25) is 24.1 Å². The summed E-state index contributed by atoms with van der Waals surface area (Å²) >= 11 is 1.58. The molecule has 7 nitrogen and oxygen atoms in total. The maximum Gasteiger partial charge on any atom is 0.251 e. The van der Waals surface area contributed by atoms with Crippen molar-refractivity contribution in [2.75, 3.05) is 19.3 Å². The van der Waals surface area contributed by atoms with Gasteiger partial charge in [-0.05, 0) is 49.6 Å². The van der Waals surface area contributed by atoms with Crippen molar-refractivity contribution >= 4 is 35.4 Å². The van der Waals surface area contributed by atoms with Gasteiger partial charge in [0.2, 0.25) is 17.7 Å². The van der Waals surface area contributed by atoms with E-state index in [4.69, 9.17) is 0 Å². The molecule has 0 radical (unpaired) electrons. The monoisotopic (exact) mass is 457 g/mol. The third kappa shape index (κ3) is 4.29. The zero-order valence-electron chi connectivity index (χ0n) is 18.9. The van der Waals surface area contributed by atoms with E-state index in [1.54, 1.807) is 31.7 Å². The molecule has 4 rings (SSSR count). The molecule has 1 aromatic rings. The number of carbonyl (C=O) groups is 4. The lowest BCUT2D eigenvalue weighted by Gasteiger charge is -2.31. The Morgan fingerprint density at radius 2 is 2.00 bits per heavy atom. The average molecular weight is 458 g/mol. The lowest BCUT2D eigenvalue weighted by Crippen LogP contribution is -2.51. The van der Waals surface area contributed by atoms with Crippen LogP contribution in [0, 0.1) is 11.3 Å². The molecule has 0 aromatic heterocycles. The Morgan fingerprint density at radius 1 is 1.22 bits per heavy atom. The van der Waals surface area contributed by atoms with E-state index in [2.05, 4.69) is 5.32 Å². The molecule has 1 saturated carbocycles. The van der Waals surface area contributed by atoms with Crippen molar-refractivity contribution < 1.29 is 19.2 Å².